The Morgan fingerprint density at radius 2 is 2.36 bits per heavy atom. The number of thiophene rings is 1. The molecule has 78 valence electrons. The van der Waals surface area contributed by atoms with Crippen molar-refractivity contribution in [3.63, 3.8) is 0 Å². The Labute approximate surface area is 93.2 Å². The summed E-state index contributed by atoms with van der Waals surface area (Å²) in [5.74, 6) is 0.593. The minimum Gasteiger partial charge on any atom is -0.371 e. The van der Waals surface area contributed by atoms with E-state index in [4.69, 9.17) is 16.3 Å². The zero-order valence-corrected chi connectivity index (χ0v) is 9.70. The van der Waals surface area contributed by atoms with E-state index in [-0.39, 0.29) is 6.10 Å². The number of ether oxygens (including phenoxy) is 1. The monoisotopic (exact) mass is 231 g/mol. The molecular weight excluding hydrogens is 218 g/mol. The topological polar surface area (TPSA) is 21.3 Å². The first-order valence-electron chi connectivity index (χ1n) is 4.83. The lowest BCUT2D eigenvalue weighted by molar-refractivity contribution is 0.0538. The van der Waals surface area contributed by atoms with Crippen LogP contribution in [-0.4, -0.2) is 19.7 Å². The first-order chi connectivity index (χ1) is 6.75. The highest BCUT2D eigenvalue weighted by molar-refractivity contribution is 7.16. The highest BCUT2D eigenvalue weighted by Gasteiger charge is 2.18. The fourth-order valence-electron chi connectivity index (χ4n) is 1.54. The first-order valence-corrected chi connectivity index (χ1v) is 6.02. The molecule has 0 spiro atoms. The fourth-order valence-corrected chi connectivity index (χ4v) is 2.65. The van der Waals surface area contributed by atoms with E-state index in [1.807, 2.05) is 6.07 Å². The summed E-state index contributed by atoms with van der Waals surface area (Å²) in [5, 5.41) is 3.39. The van der Waals surface area contributed by atoms with E-state index < -0.39 is 0 Å². The van der Waals surface area contributed by atoms with Crippen LogP contribution in [0.4, 0.5) is 0 Å². The molecule has 1 aliphatic heterocycles. The zero-order chi connectivity index (χ0) is 9.97. The summed E-state index contributed by atoms with van der Waals surface area (Å²) in [5.41, 5.74) is 0. The smallest absolute Gasteiger partial charge is 0.104 e. The molecule has 4 heteroatoms. The van der Waals surface area contributed by atoms with E-state index >= 15 is 0 Å². The van der Waals surface area contributed by atoms with Gasteiger partial charge in [0.2, 0.25) is 0 Å². The lowest BCUT2D eigenvalue weighted by Gasteiger charge is -2.12. The molecule has 0 bridgehead atoms. The Kier molecular flexibility index (Phi) is 3.44. The summed E-state index contributed by atoms with van der Waals surface area (Å²) >= 11 is 7.50. The lowest BCUT2D eigenvalue weighted by atomic mass is 10.2. The van der Waals surface area contributed by atoms with E-state index in [0.29, 0.717) is 5.92 Å². The average molecular weight is 232 g/mol. The van der Waals surface area contributed by atoms with Crippen LogP contribution in [0.5, 0.6) is 0 Å². The van der Waals surface area contributed by atoms with Gasteiger partial charge in [0.25, 0.3) is 0 Å². The van der Waals surface area contributed by atoms with Gasteiger partial charge in [-0.1, -0.05) is 18.5 Å². The normalized spacial score (nSPS) is 28.7. The van der Waals surface area contributed by atoms with Crippen molar-refractivity contribution in [2.24, 2.45) is 5.92 Å². The van der Waals surface area contributed by atoms with Crippen molar-refractivity contribution in [3.05, 3.63) is 21.3 Å². The molecule has 1 aromatic heterocycles. The highest BCUT2D eigenvalue weighted by Crippen LogP contribution is 2.29. The summed E-state index contributed by atoms with van der Waals surface area (Å²) in [6.07, 6.45) is 0.178. The second-order valence-electron chi connectivity index (χ2n) is 3.73. The zero-order valence-electron chi connectivity index (χ0n) is 8.13. The molecule has 0 aliphatic carbocycles. The average Bonchev–Trinajstić information content (AvgIpc) is 2.46. The van der Waals surface area contributed by atoms with Crippen LogP contribution in [0.2, 0.25) is 4.34 Å². The van der Waals surface area contributed by atoms with Crippen LogP contribution in [0.1, 0.15) is 17.9 Å². The van der Waals surface area contributed by atoms with Crippen LogP contribution in [0.25, 0.3) is 0 Å². The lowest BCUT2D eigenvalue weighted by Crippen LogP contribution is -2.22. The quantitative estimate of drug-likeness (QED) is 0.803. The summed E-state index contributed by atoms with van der Waals surface area (Å²) < 4.78 is 6.64. The van der Waals surface area contributed by atoms with Crippen molar-refractivity contribution < 1.29 is 4.74 Å². The van der Waals surface area contributed by atoms with Crippen molar-refractivity contribution in [3.8, 4) is 0 Å². The molecule has 1 aliphatic rings. The van der Waals surface area contributed by atoms with Gasteiger partial charge in [0.15, 0.2) is 0 Å². The molecule has 0 radical (unpaired) electrons. The molecule has 2 rings (SSSR count). The Hall–Kier alpha value is -0.0900. The van der Waals surface area contributed by atoms with Crippen LogP contribution in [0.3, 0.4) is 0 Å². The van der Waals surface area contributed by atoms with Crippen molar-refractivity contribution in [1.82, 2.24) is 5.32 Å². The predicted octanol–water partition coefficient (Wildman–Crippen LogP) is 2.70. The van der Waals surface area contributed by atoms with Crippen LogP contribution >= 0.6 is 22.9 Å². The standard InChI is InChI=1S/C10H14ClNOS/c1-7-4-12-5-8(13-6-7)9-2-3-10(11)14-9/h2-3,7-8,12H,4-6H2,1H3. The van der Waals surface area contributed by atoms with Crippen molar-refractivity contribution in [2.75, 3.05) is 19.7 Å². The molecule has 0 saturated carbocycles. The van der Waals surface area contributed by atoms with E-state index in [0.717, 1.165) is 24.0 Å². The van der Waals surface area contributed by atoms with Gasteiger partial charge in [-0.25, -0.2) is 0 Å². The van der Waals surface area contributed by atoms with Gasteiger partial charge in [-0.2, -0.15) is 0 Å². The number of hydrogen-bond acceptors (Lipinski definition) is 3. The molecule has 0 aromatic carbocycles. The molecular formula is C10H14ClNOS. The van der Waals surface area contributed by atoms with E-state index in [1.165, 1.54) is 4.88 Å². The van der Waals surface area contributed by atoms with Gasteiger partial charge in [0.05, 0.1) is 10.9 Å². The van der Waals surface area contributed by atoms with Gasteiger partial charge in [-0.3, -0.25) is 0 Å². The van der Waals surface area contributed by atoms with Gasteiger partial charge < -0.3 is 10.1 Å². The molecule has 0 amide bonds. The van der Waals surface area contributed by atoms with Gasteiger partial charge in [-0.15, -0.1) is 11.3 Å². The molecule has 2 nitrogen and oxygen atoms in total. The molecule has 1 N–H and O–H groups in total. The minimum absolute atomic E-state index is 0.178. The maximum atomic E-state index is 5.89. The summed E-state index contributed by atoms with van der Waals surface area (Å²) in [4.78, 5) is 1.22. The predicted molar refractivity (Wildman–Crippen MR) is 60.1 cm³/mol. The largest absolute Gasteiger partial charge is 0.371 e. The molecule has 1 aromatic rings. The third kappa shape index (κ3) is 2.48. The molecule has 1 fully saturated rings. The highest BCUT2D eigenvalue weighted by atomic mass is 35.5. The first kappa shape index (κ1) is 10.4. The number of hydrogen-bond donors (Lipinski definition) is 1. The molecule has 2 unspecified atom stereocenters. The van der Waals surface area contributed by atoms with Gasteiger partial charge in [0, 0.05) is 18.0 Å². The van der Waals surface area contributed by atoms with Gasteiger partial charge in [-0.05, 0) is 18.1 Å². The number of nitrogens with one attached hydrogen (secondary N) is 1. The maximum absolute atomic E-state index is 5.89. The van der Waals surface area contributed by atoms with E-state index in [1.54, 1.807) is 11.3 Å². The molecule has 2 heterocycles. The van der Waals surface area contributed by atoms with Crippen molar-refractivity contribution >= 4 is 22.9 Å². The van der Waals surface area contributed by atoms with E-state index in [9.17, 15) is 0 Å². The third-order valence-electron chi connectivity index (χ3n) is 2.32. The summed E-state index contributed by atoms with van der Waals surface area (Å²) in [6.45, 7) is 4.95. The Bertz CT molecular complexity index is 302. The fraction of sp³-hybridized carbons (Fsp3) is 0.600. The maximum Gasteiger partial charge on any atom is 0.104 e. The molecule has 1 saturated heterocycles. The van der Waals surface area contributed by atoms with Gasteiger partial charge >= 0.3 is 0 Å². The van der Waals surface area contributed by atoms with Crippen molar-refractivity contribution in [1.29, 1.82) is 0 Å². The molecule has 14 heavy (non-hydrogen) atoms. The summed E-state index contributed by atoms with van der Waals surface area (Å²) in [6, 6.07) is 3.98. The molecule has 2 atom stereocenters. The third-order valence-corrected chi connectivity index (χ3v) is 3.64. The minimum atomic E-state index is 0.178. The number of rotatable bonds is 1. The number of halogens is 1. The summed E-state index contributed by atoms with van der Waals surface area (Å²) in [7, 11) is 0. The second-order valence-corrected chi connectivity index (χ2v) is 5.47. The van der Waals surface area contributed by atoms with Crippen LogP contribution < -0.4 is 5.32 Å². The van der Waals surface area contributed by atoms with Crippen molar-refractivity contribution in [2.45, 2.75) is 13.0 Å². The van der Waals surface area contributed by atoms with Crippen LogP contribution in [0, 0.1) is 5.92 Å². The van der Waals surface area contributed by atoms with Crippen LogP contribution in [0.15, 0.2) is 12.1 Å². The SMILES string of the molecule is CC1CNCC(c2ccc(Cl)s2)OC1. The Morgan fingerprint density at radius 3 is 3.07 bits per heavy atom. The van der Waals surface area contributed by atoms with E-state index in [2.05, 4.69) is 18.3 Å². The van der Waals surface area contributed by atoms with Gasteiger partial charge in [0.1, 0.15) is 6.10 Å². The Balaban J connectivity index is 2.04. The Morgan fingerprint density at radius 1 is 1.50 bits per heavy atom. The second kappa shape index (κ2) is 4.62. The van der Waals surface area contributed by atoms with Crippen LogP contribution in [-0.2, 0) is 4.74 Å².